The van der Waals surface area contributed by atoms with Crippen LogP contribution in [-0.4, -0.2) is 11.3 Å². The fourth-order valence-electron chi connectivity index (χ4n) is 13.8. The zero-order valence-electron chi connectivity index (χ0n) is 61.0. The summed E-state index contributed by atoms with van der Waals surface area (Å²) in [7, 11) is 0. The van der Waals surface area contributed by atoms with E-state index >= 15 is 0 Å². The van der Waals surface area contributed by atoms with Crippen molar-refractivity contribution in [3.05, 3.63) is 314 Å². The third kappa shape index (κ3) is 9.28. The quantitative estimate of drug-likeness (QED) is 0.133. The molecule has 0 saturated heterocycles. The van der Waals surface area contributed by atoms with E-state index < -0.39 is 43.0 Å². The number of hydrogen-bond donors (Lipinski definition) is 0. The van der Waals surface area contributed by atoms with Crippen LogP contribution in [0.15, 0.2) is 303 Å². The number of fused-ring (bicyclic) bond motifs is 7. The number of benzene rings is 13. The first-order valence-electron chi connectivity index (χ1n) is 35.9. The van der Waals surface area contributed by atoms with Crippen LogP contribution in [0.5, 0.6) is 0 Å². The lowest BCUT2D eigenvalue weighted by molar-refractivity contribution is 0.590. The van der Waals surface area contributed by atoms with Crippen LogP contribution in [0.2, 0.25) is 0 Å². The van der Waals surface area contributed by atoms with Crippen LogP contribution in [0.1, 0.15) is 66.4 Å². The molecule has 2 aliphatic heterocycles. The SMILES string of the molecule is [2H]c1c([2H])c([2H])c(-c2ccc3c(c2)N(c2c(-c4ccccc4)cccc2-c2ccccc2)c2cc(-c4cccc(C(C)(C)C)c4)cc4c2B3c2ccc(-c3c([2H])c([2H])c([2H])c([2H])c3[2H])cc2N4c2cc(-c3ccc(C(C)(C)C)cc3)cc3c2c2ccccc2n3-c2ccccc2)c([2H])c1[2H]. The molecule has 1 aromatic heterocycles. The van der Waals surface area contributed by atoms with Gasteiger partial charge in [-0.1, -0.05) is 290 Å². The predicted octanol–water partition coefficient (Wildman–Crippen LogP) is 21.5. The fourth-order valence-corrected chi connectivity index (χ4v) is 13.8. The van der Waals surface area contributed by atoms with Gasteiger partial charge in [0.05, 0.1) is 36.1 Å². The molecule has 0 saturated carbocycles. The second-order valence-corrected chi connectivity index (χ2v) is 25.7. The van der Waals surface area contributed by atoms with Gasteiger partial charge in [-0.25, -0.2) is 0 Å². The highest BCUT2D eigenvalue weighted by atomic mass is 15.2. The first-order chi connectivity index (χ1) is 48.1. The molecule has 16 rings (SSSR count). The van der Waals surface area contributed by atoms with Crippen molar-refractivity contribution in [2.24, 2.45) is 0 Å². The van der Waals surface area contributed by atoms with E-state index in [9.17, 15) is 5.48 Å². The summed E-state index contributed by atoms with van der Waals surface area (Å²) in [5.74, 6) is 0. The van der Waals surface area contributed by atoms with Crippen molar-refractivity contribution in [3.8, 4) is 72.4 Å². The highest BCUT2D eigenvalue weighted by Crippen LogP contribution is 2.54. The van der Waals surface area contributed by atoms with Crippen molar-refractivity contribution < 1.29 is 13.7 Å². The summed E-state index contributed by atoms with van der Waals surface area (Å²) >= 11 is 0. The highest BCUT2D eigenvalue weighted by molar-refractivity contribution is 7.00. The van der Waals surface area contributed by atoms with Gasteiger partial charge in [-0.05, 0) is 149 Å². The van der Waals surface area contributed by atoms with Gasteiger partial charge in [0.2, 0.25) is 0 Å². The van der Waals surface area contributed by atoms with Gasteiger partial charge in [-0.2, -0.15) is 0 Å². The van der Waals surface area contributed by atoms with Gasteiger partial charge in [0.1, 0.15) is 0 Å². The summed E-state index contributed by atoms with van der Waals surface area (Å²) in [5.41, 5.74) is 20.8. The molecule has 14 aromatic rings. The van der Waals surface area contributed by atoms with Crippen LogP contribution in [-0.2, 0) is 10.8 Å². The van der Waals surface area contributed by atoms with Gasteiger partial charge in [-0.15, -0.1) is 0 Å². The Labute approximate surface area is 543 Å². The molecule has 0 spiro atoms. The van der Waals surface area contributed by atoms with Gasteiger partial charge in [0.25, 0.3) is 6.71 Å². The number of anilines is 6. The normalized spacial score (nSPS) is 14.3. The monoisotopic (exact) mass is 1160 g/mol. The molecule has 0 fully saturated rings. The van der Waals surface area contributed by atoms with E-state index in [-0.39, 0.29) is 46.1 Å². The van der Waals surface area contributed by atoms with Gasteiger partial charge in [0.15, 0.2) is 0 Å². The number of aromatic nitrogens is 1. The molecule has 0 bridgehead atoms. The number of para-hydroxylation sites is 3. The summed E-state index contributed by atoms with van der Waals surface area (Å²) in [6, 6.07) is 80.8. The van der Waals surface area contributed by atoms with Gasteiger partial charge < -0.3 is 14.4 Å². The van der Waals surface area contributed by atoms with E-state index in [1.165, 1.54) is 5.56 Å². The van der Waals surface area contributed by atoms with E-state index in [1.54, 1.807) is 0 Å². The van der Waals surface area contributed by atoms with E-state index in [0.717, 1.165) is 117 Å². The summed E-state index contributed by atoms with van der Waals surface area (Å²) in [6.45, 7) is 12.7. The van der Waals surface area contributed by atoms with Crippen molar-refractivity contribution in [1.82, 2.24) is 4.57 Å². The zero-order valence-corrected chi connectivity index (χ0v) is 51.0. The van der Waals surface area contributed by atoms with Crippen LogP contribution in [0.3, 0.4) is 0 Å². The van der Waals surface area contributed by atoms with E-state index in [2.05, 4.69) is 232 Å². The molecule has 3 heterocycles. The summed E-state index contributed by atoms with van der Waals surface area (Å²) in [6.07, 6.45) is 0. The lowest BCUT2D eigenvalue weighted by Crippen LogP contribution is -2.61. The Bertz CT molecular complexity index is 5590. The fraction of sp³-hybridized carbons (Fsp3) is 0.0930. The largest absolute Gasteiger partial charge is 0.311 e. The first kappa shape index (κ1) is 44.7. The Morgan fingerprint density at radius 1 is 0.322 bits per heavy atom. The summed E-state index contributed by atoms with van der Waals surface area (Å²) in [4.78, 5) is 4.74. The van der Waals surface area contributed by atoms with Crippen molar-refractivity contribution in [3.63, 3.8) is 0 Å². The Morgan fingerprint density at radius 2 is 0.789 bits per heavy atom. The van der Waals surface area contributed by atoms with Gasteiger partial charge in [0, 0.05) is 50.3 Å². The third-order valence-corrected chi connectivity index (χ3v) is 18.2. The minimum Gasteiger partial charge on any atom is -0.311 e. The molecule has 4 heteroatoms. The van der Waals surface area contributed by atoms with Crippen molar-refractivity contribution in [2.45, 2.75) is 52.4 Å². The van der Waals surface area contributed by atoms with Crippen LogP contribution in [0, 0.1) is 0 Å². The topological polar surface area (TPSA) is 11.4 Å². The average molecular weight is 1160 g/mol. The maximum atomic E-state index is 9.57. The Hall–Kier alpha value is -10.7. The Morgan fingerprint density at radius 3 is 1.38 bits per heavy atom. The third-order valence-electron chi connectivity index (χ3n) is 18.2. The Balaban J connectivity index is 1.12. The number of rotatable bonds is 9. The summed E-state index contributed by atoms with van der Waals surface area (Å²) < 4.78 is 94.1. The van der Waals surface area contributed by atoms with Crippen LogP contribution >= 0.6 is 0 Å². The van der Waals surface area contributed by atoms with E-state index in [4.69, 9.17) is 8.22 Å². The lowest BCUT2D eigenvalue weighted by Gasteiger charge is -2.45. The van der Waals surface area contributed by atoms with Crippen molar-refractivity contribution >= 4 is 79.0 Å². The minimum absolute atomic E-state index is 0.0657. The molecule has 0 radical (unpaired) electrons. The molecule has 0 unspecified atom stereocenters. The molecule has 0 aliphatic carbocycles. The van der Waals surface area contributed by atoms with Crippen molar-refractivity contribution in [1.29, 1.82) is 0 Å². The summed E-state index contributed by atoms with van der Waals surface area (Å²) in [5, 5.41) is 1.95. The average Bonchev–Trinajstić information content (AvgIpc) is 0.780. The zero-order chi connectivity index (χ0) is 69.5. The molecule has 2 aliphatic rings. The number of nitrogens with zero attached hydrogens (tertiary/aromatic N) is 3. The van der Waals surface area contributed by atoms with Crippen molar-refractivity contribution in [2.75, 3.05) is 9.80 Å². The smallest absolute Gasteiger partial charge is 0.252 e. The van der Waals surface area contributed by atoms with Gasteiger partial charge in [-0.3, -0.25) is 0 Å². The number of hydrogen-bond acceptors (Lipinski definition) is 2. The predicted molar refractivity (Wildman–Crippen MR) is 385 cm³/mol. The molecule has 0 atom stereocenters. The molecular formula is C86H68BN3. The standard InChI is InChI=1S/C86H68BN3/c1-85(2,3)67-46-42-59(43-47-67)65-53-78-82(72-38-22-23-41-75(72)88(78)69-36-20-11-21-37-69)79(54-65)89-76-51-63(57-26-12-7-13-27-57)44-48-73(76)87-74-49-45-64(58-28-14-8-15-29-58)52-77(74)90(81-56-66(55-80(89)83(81)87)62-34-24-35-68(50-62)86(4,5)6)84-70(60-30-16-9-17-31-60)39-25-40-71(84)61-32-18-10-19-33-61/h7-56H,1-6H3/i7D,8D,12D,13D,14D,15D,26D,27D,28D,29D. The van der Waals surface area contributed by atoms with E-state index in [1.807, 2.05) is 66.7 Å². The maximum Gasteiger partial charge on any atom is 0.252 e. The molecular weight excluding hydrogens is 1090 g/mol. The van der Waals surface area contributed by atoms with Crippen LogP contribution < -0.4 is 26.2 Å². The Kier molecular flexibility index (Phi) is 10.7. The molecule has 3 nitrogen and oxygen atoms in total. The molecule has 0 amide bonds. The van der Waals surface area contributed by atoms with Crippen LogP contribution in [0.4, 0.5) is 34.1 Å². The molecule has 430 valence electrons. The lowest BCUT2D eigenvalue weighted by atomic mass is 9.33. The van der Waals surface area contributed by atoms with Crippen LogP contribution in [0.25, 0.3) is 94.3 Å². The first-order valence-corrected chi connectivity index (χ1v) is 30.9. The highest BCUT2D eigenvalue weighted by Gasteiger charge is 2.45. The van der Waals surface area contributed by atoms with E-state index in [0.29, 0.717) is 22.5 Å². The van der Waals surface area contributed by atoms with Gasteiger partial charge >= 0.3 is 0 Å². The molecule has 13 aromatic carbocycles. The second kappa shape index (κ2) is 21.6. The maximum absolute atomic E-state index is 9.57. The second-order valence-electron chi connectivity index (χ2n) is 25.7. The minimum atomic E-state index is -0.598. The molecule has 0 N–H and O–H groups in total. The molecule has 90 heavy (non-hydrogen) atoms.